The SMILES string of the molecule is Cc1nc(COc2cc(F)cc(CCN)c2)no1. The molecule has 2 N–H and O–H groups in total. The number of nitrogens with two attached hydrogens (primary N) is 1. The van der Waals surface area contributed by atoms with Gasteiger partial charge in [0.25, 0.3) is 0 Å². The van der Waals surface area contributed by atoms with Crippen molar-refractivity contribution in [2.45, 2.75) is 20.0 Å². The van der Waals surface area contributed by atoms with E-state index in [4.69, 9.17) is 15.0 Å². The summed E-state index contributed by atoms with van der Waals surface area (Å²) in [5, 5.41) is 3.69. The summed E-state index contributed by atoms with van der Waals surface area (Å²) in [6.45, 7) is 2.30. The third-order valence-corrected chi connectivity index (χ3v) is 2.30. The Morgan fingerprint density at radius 1 is 1.39 bits per heavy atom. The van der Waals surface area contributed by atoms with Crippen molar-refractivity contribution >= 4 is 0 Å². The quantitative estimate of drug-likeness (QED) is 0.873. The van der Waals surface area contributed by atoms with Crippen molar-refractivity contribution < 1.29 is 13.7 Å². The summed E-state index contributed by atoms with van der Waals surface area (Å²) in [4.78, 5) is 3.99. The zero-order valence-electron chi connectivity index (χ0n) is 10.0. The second-order valence-electron chi connectivity index (χ2n) is 3.85. The van der Waals surface area contributed by atoms with Crippen molar-refractivity contribution in [3.05, 3.63) is 41.3 Å². The molecule has 0 spiro atoms. The molecule has 0 aliphatic rings. The molecule has 0 aliphatic carbocycles. The van der Waals surface area contributed by atoms with Crippen molar-refractivity contribution in [1.29, 1.82) is 0 Å². The molecule has 0 unspecified atom stereocenters. The highest BCUT2D eigenvalue weighted by Gasteiger charge is 2.05. The number of benzene rings is 1. The van der Waals surface area contributed by atoms with Crippen LogP contribution in [0.15, 0.2) is 22.7 Å². The summed E-state index contributed by atoms with van der Waals surface area (Å²) in [5.41, 5.74) is 6.24. The van der Waals surface area contributed by atoms with E-state index in [1.54, 1.807) is 13.0 Å². The average molecular weight is 251 g/mol. The standard InChI is InChI=1S/C12H14FN3O2/c1-8-15-12(16-18-8)7-17-11-5-9(2-3-14)4-10(13)6-11/h4-6H,2-3,7,14H2,1H3. The van der Waals surface area contributed by atoms with Crippen LogP contribution < -0.4 is 10.5 Å². The normalized spacial score (nSPS) is 10.6. The minimum atomic E-state index is -0.347. The number of rotatable bonds is 5. The largest absolute Gasteiger partial charge is 0.485 e. The Hall–Kier alpha value is -1.95. The molecule has 0 saturated heterocycles. The van der Waals surface area contributed by atoms with Gasteiger partial charge in [0.2, 0.25) is 11.7 Å². The minimum Gasteiger partial charge on any atom is -0.485 e. The first kappa shape index (κ1) is 12.5. The maximum Gasteiger partial charge on any atom is 0.223 e. The van der Waals surface area contributed by atoms with Gasteiger partial charge in [0, 0.05) is 13.0 Å². The molecule has 1 aromatic heterocycles. The molecule has 0 saturated carbocycles. The number of halogens is 1. The number of aryl methyl sites for hydroxylation is 1. The fraction of sp³-hybridized carbons (Fsp3) is 0.333. The lowest BCUT2D eigenvalue weighted by molar-refractivity contribution is 0.284. The van der Waals surface area contributed by atoms with Gasteiger partial charge in [-0.05, 0) is 30.7 Å². The second-order valence-corrected chi connectivity index (χ2v) is 3.85. The summed E-state index contributed by atoms with van der Waals surface area (Å²) < 4.78 is 23.5. The van der Waals surface area contributed by atoms with Crippen LogP contribution in [-0.4, -0.2) is 16.7 Å². The third kappa shape index (κ3) is 3.27. The minimum absolute atomic E-state index is 0.142. The van der Waals surface area contributed by atoms with Crippen molar-refractivity contribution in [2.24, 2.45) is 5.73 Å². The summed E-state index contributed by atoms with van der Waals surface area (Å²) >= 11 is 0. The van der Waals surface area contributed by atoms with E-state index < -0.39 is 0 Å². The van der Waals surface area contributed by atoms with Crippen LogP contribution >= 0.6 is 0 Å². The Kier molecular flexibility index (Phi) is 3.88. The van der Waals surface area contributed by atoms with Crippen LogP contribution in [0.25, 0.3) is 0 Å². The highest BCUT2D eigenvalue weighted by Crippen LogP contribution is 2.17. The molecular formula is C12H14FN3O2. The fourth-order valence-corrected chi connectivity index (χ4v) is 1.56. The Morgan fingerprint density at radius 2 is 2.22 bits per heavy atom. The van der Waals surface area contributed by atoms with Gasteiger partial charge in [-0.25, -0.2) is 4.39 Å². The van der Waals surface area contributed by atoms with Crippen molar-refractivity contribution in [3.8, 4) is 5.75 Å². The van der Waals surface area contributed by atoms with Crippen LogP contribution in [0.4, 0.5) is 4.39 Å². The second kappa shape index (κ2) is 5.59. The van der Waals surface area contributed by atoms with E-state index in [1.165, 1.54) is 12.1 Å². The lowest BCUT2D eigenvalue weighted by atomic mass is 10.1. The molecule has 1 aromatic carbocycles. The average Bonchev–Trinajstić information content (AvgIpc) is 2.72. The number of aromatic nitrogens is 2. The predicted molar refractivity (Wildman–Crippen MR) is 62.5 cm³/mol. The summed E-state index contributed by atoms with van der Waals surface area (Å²) in [6, 6.07) is 4.51. The number of nitrogens with zero attached hydrogens (tertiary/aromatic N) is 2. The molecule has 0 radical (unpaired) electrons. The summed E-state index contributed by atoms with van der Waals surface area (Å²) in [7, 11) is 0. The van der Waals surface area contributed by atoms with Crippen molar-refractivity contribution in [1.82, 2.24) is 10.1 Å². The highest BCUT2D eigenvalue weighted by molar-refractivity contribution is 5.29. The topological polar surface area (TPSA) is 74.2 Å². The summed E-state index contributed by atoms with van der Waals surface area (Å²) in [6.07, 6.45) is 0.607. The zero-order valence-corrected chi connectivity index (χ0v) is 10.0. The van der Waals surface area contributed by atoms with E-state index in [1.807, 2.05) is 0 Å². The van der Waals surface area contributed by atoms with Crippen LogP contribution in [0, 0.1) is 12.7 Å². The molecule has 1 heterocycles. The molecule has 96 valence electrons. The predicted octanol–water partition coefficient (Wildman–Crippen LogP) is 1.60. The van der Waals surface area contributed by atoms with E-state index in [0.29, 0.717) is 30.4 Å². The monoisotopic (exact) mass is 251 g/mol. The van der Waals surface area contributed by atoms with Gasteiger partial charge in [0.1, 0.15) is 11.6 Å². The van der Waals surface area contributed by atoms with Crippen molar-refractivity contribution in [3.63, 3.8) is 0 Å². The van der Waals surface area contributed by atoms with Gasteiger partial charge in [-0.1, -0.05) is 5.16 Å². The van der Waals surface area contributed by atoms with E-state index in [0.717, 1.165) is 5.56 Å². The van der Waals surface area contributed by atoms with Crippen LogP contribution in [0.5, 0.6) is 5.75 Å². The van der Waals surface area contributed by atoms with Crippen LogP contribution in [0.1, 0.15) is 17.3 Å². The van der Waals surface area contributed by atoms with Crippen LogP contribution in [0.3, 0.4) is 0 Å². The zero-order chi connectivity index (χ0) is 13.0. The van der Waals surface area contributed by atoms with Crippen LogP contribution in [-0.2, 0) is 13.0 Å². The van der Waals surface area contributed by atoms with Gasteiger partial charge in [-0.15, -0.1) is 0 Å². The fourth-order valence-electron chi connectivity index (χ4n) is 1.56. The molecule has 0 atom stereocenters. The molecule has 18 heavy (non-hydrogen) atoms. The molecule has 2 aromatic rings. The lowest BCUT2D eigenvalue weighted by Gasteiger charge is -2.06. The van der Waals surface area contributed by atoms with Gasteiger partial charge in [-0.2, -0.15) is 4.98 Å². The maximum atomic E-state index is 13.3. The van der Waals surface area contributed by atoms with Crippen LogP contribution in [0.2, 0.25) is 0 Å². The van der Waals surface area contributed by atoms with Gasteiger partial charge < -0.3 is 15.0 Å². The van der Waals surface area contributed by atoms with Gasteiger partial charge in [-0.3, -0.25) is 0 Å². The van der Waals surface area contributed by atoms with E-state index in [9.17, 15) is 4.39 Å². The maximum absolute atomic E-state index is 13.3. The first-order chi connectivity index (χ1) is 8.67. The number of ether oxygens (including phenoxy) is 1. The number of hydrogen-bond donors (Lipinski definition) is 1. The first-order valence-electron chi connectivity index (χ1n) is 5.59. The van der Waals surface area contributed by atoms with E-state index in [-0.39, 0.29) is 12.4 Å². The Balaban J connectivity index is 2.04. The Morgan fingerprint density at radius 3 is 2.89 bits per heavy atom. The lowest BCUT2D eigenvalue weighted by Crippen LogP contribution is -2.04. The molecule has 2 rings (SSSR count). The molecule has 6 heteroatoms. The Labute approximate surface area is 104 Å². The molecular weight excluding hydrogens is 237 g/mol. The van der Waals surface area contributed by atoms with Crippen molar-refractivity contribution in [2.75, 3.05) is 6.54 Å². The third-order valence-electron chi connectivity index (χ3n) is 2.30. The molecule has 5 nitrogen and oxygen atoms in total. The van der Waals surface area contributed by atoms with E-state index >= 15 is 0 Å². The number of hydrogen-bond acceptors (Lipinski definition) is 5. The van der Waals surface area contributed by atoms with Gasteiger partial charge in [0.15, 0.2) is 6.61 Å². The molecule has 0 amide bonds. The highest BCUT2D eigenvalue weighted by atomic mass is 19.1. The summed E-state index contributed by atoms with van der Waals surface area (Å²) in [5.74, 6) is 0.981. The smallest absolute Gasteiger partial charge is 0.223 e. The first-order valence-corrected chi connectivity index (χ1v) is 5.59. The van der Waals surface area contributed by atoms with Gasteiger partial charge in [0.05, 0.1) is 0 Å². The van der Waals surface area contributed by atoms with Gasteiger partial charge >= 0.3 is 0 Å². The molecule has 0 fully saturated rings. The molecule has 0 bridgehead atoms. The molecule has 0 aliphatic heterocycles. The Bertz CT molecular complexity index is 528. The van der Waals surface area contributed by atoms with E-state index in [2.05, 4.69) is 10.1 Å².